The molecule has 1 aromatic carbocycles. The molecule has 4 nitrogen and oxygen atoms in total. The second-order valence-electron chi connectivity index (χ2n) is 3.03. The highest BCUT2D eigenvalue weighted by atomic mass is 32.2. The van der Waals surface area contributed by atoms with E-state index in [0.717, 1.165) is 6.92 Å². The summed E-state index contributed by atoms with van der Waals surface area (Å²) in [5.74, 6) is -10.1. The summed E-state index contributed by atoms with van der Waals surface area (Å²) < 4.78 is 103. The van der Waals surface area contributed by atoms with Gasteiger partial charge in [-0.3, -0.25) is 4.18 Å². The van der Waals surface area contributed by atoms with Crippen molar-refractivity contribution >= 4 is 15.8 Å². The van der Waals surface area contributed by atoms with E-state index >= 15 is 0 Å². The standard InChI is InChI=1S/C8H5F6NO3S/c1-2-18-19(16,17)8-5(11)3(9)7(15(13)14)4(10)6(8)12/h2H2,1H3. The predicted molar refractivity (Wildman–Crippen MR) is 49.8 cm³/mol. The zero-order valence-corrected chi connectivity index (χ0v) is 9.87. The third-order valence-corrected chi connectivity index (χ3v) is 3.30. The first kappa shape index (κ1) is 15.6. The topological polar surface area (TPSA) is 46.6 Å². The highest BCUT2D eigenvalue weighted by molar-refractivity contribution is 7.86. The van der Waals surface area contributed by atoms with Crippen molar-refractivity contribution in [3.63, 3.8) is 0 Å². The molecule has 0 aliphatic heterocycles. The first-order valence-corrected chi connectivity index (χ1v) is 5.93. The summed E-state index contributed by atoms with van der Waals surface area (Å²) >= 11 is 0. The van der Waals surface area contributed by atoms with E-state index in [4.69, 9.17) is 0 Å². The molecular weight excluding hydrogens is 304 g/mol. The summed E-state index contributed by atoms with van der Waals surface area (Å²) in [6.07, 6.45) is 0. The lowest BCUT2D eigenvalue weighted by Gasteiger charge is -2.11. The van der Waals surface area contributed by atoms with Crippen molar-refractivity contribution in [2.75, 3.05) is 12.0 Å². The van der Waals surface area contributed by atoms with Crippen LogP contribution in [0.3, 0.4) is 0 Å². The van der Waals surface area contributed by atoms with E-state index < -0.39 is 55.9 Å². The summed E-state index contributed by atoms with van der Waals surface area (Å²) in [5, 5.41) is -2.21. The minimum absolute atomic E-state index is 0.579. The lowest BCUT2D eigenvalue weighted by molar-refractivity contribution is 0.221. The molecule has 0 aromatic heterocycles. The van der Waals surface area contributed by atoms with Gasteiger partial charge in [-0.2, -0.15) is 8.42 Å². The SMILES string of the molecule is CCOS(=O)(=O)c1c(F)c(F)c(N(F)F)c(F)c1F. The van der Waals surface area contributed by atoms with Crippen LogP contribution in [-0.2, 0) is 14.3 Å². The Kier molecular flexibility index (Phi) is 4.30. The third kappa shape index (κ3) is 2.61. The summed E-state index contributed by atoms with van der Waals surface area (Å²) in [6.45, 7) is 0.545. The predicted octanol–water partition coefficient (Wildman–Crippen LogP) is 2.54. The average molecular weight is 309 g/mol. The minimum Gasteiger partial charge on any atom is -0.267 e. The van der Waals surface area contributed by atoms with Crippen LogP contribution in [0.15, 0.2) is 4.90 Å². The molecule has 0 saturated carbocycles. The second-order valence-corrected chi connectivity index (χ2v) is 4.58. The summed E-state index contributed by atoms with van der Waals surface area (Å²) in [7, 11) is -5.15. The normalized spacial score (nSPS) is 11.7. The summed E-state index contributed by atoms with van der Waals surface area (Å²) in [4.78, 5) is -2.10. The van der Waals surface area contributed by atoms with Crippen LogP contribution in [0.25, 0.3) is 0 Å². The van der Waals surface area contributed by atoms with Crippen molar-refractivity contribution in [3.05, 3.63) is 23.3 Å². The molecule has 1 rings (SSSR count). The monoisotopic (exact) mass is 309 g/mol. The second kappa shape index (κ2) is 5.25. The van der Waals surface area contributed by atoms with Crippen LogP contribution in [0.1, 0.15) is 6.92 Å². The average Bonchev–Trinajstić information content (AvgIpc) is 2.26. The number of hydrogen-bond acceptors (Lipinski definition) is 4. The molecule has 0 fully saturated rings. The number of benzene rings is 1. The van der Waals surface area contributed by atoms with Crippen LogP contribution >= 0.6 is 0 Å². The van der Waals surface area contributed by atoms with Crippen molar-refractivity contribution in [1.82, 2.24) is 0 Å². The van der Waals surface area contributed by atoms with Crippen molar-refractivity contribution < 1.29 is 39.1 Å². The summed E-state index contributed by atoms with van der Waals surface area (Å²) in [5.41, 5.74) is -2.34. The van der Waals surface area contributed by atoms with Crippen LogP contribution in [0.2, 0.25) is 0 Å². The van der Waals surface area contributed by atoms with Crippen molar-refractivity contribution in [2.24, 2.45) is 0 Å². The Morgan fingerprint density at radius 3 is 1.74 bits per heavy atom. The molecule has 0 saturated heterocycles. The van der Waals surface area contributed by atoms with Gasteiger partial charge in [0.25, 0.3) is 0 Å². The van der Waals surface area contributed by atoms with Gasteiger partial charge in [-0.15, -0.1) is 0 Å². The first-order valence-electron chi connectivity index (χ1n) is 4.52. The Labute approximate surface area is 103 Å². The maximum absolute atomic E-state index is 13.3. The Hall–Kier alpha value is -1.49. The van der Waals surface area contributed by atoms with Gasteiger partial charge in [0, 0.05) is 0 Å². The highest BCUT2D eigenvalue weighted by Crippen LogP contribution is 2.34. The number of nitrogens with zero attached hydrogens (tertiary/aromatic N) is 1. The molecule has 1 aromatic rings. The van der Waals surface area contributed by atoms with E-state index in [1.54, 1.807) is 0 Å². The van der Waals surface area contributed by atoms with E-state index in [2.05, 4.69) is 4.18 Å². The van der Waals surface area contributed by atoms with Crippen molar-refractivity contribution in [2.45, 2.75) is 11.8 Å². The smallest absolute Gasteiger partial charge is 0.267 e. The molecule has 11 heteroatoms. The van der Waals surface area contributed by atoms with E-state index in [1.807, 2.05) is 0 Å². The van der Waals surface area contributed by atoms with E-state index in [-0.39, 0.29) is 0 Å². The van der Waals surface area contributed by atoms with Crippen LogP contribution in [-0.4, -0.2) is 15.0 Å². The zero-order chi connectivity index (χ0) is 15.0. The maximum Gasteiger partial charge on any atom is 0.303 e. The third-order valence-electron chi connectivity index (χ3n) is 1.89. The molecule has 108 valence electrons. The van der Waals surface area contributed by atoms with Gasteiger partial charge in [-0.25, -0.2) is 17.6 Å². The zero-order valence-electron chi connectivity index (χ0n) is 9.06. The number of hydrogen-bond donors (Lipinski definition) is 0. The fraction of sp³-hybridized carbons (Fsp3) is 0.250. The number of rotatable bonds is 4. The van der Waals surface area contributed by atoms with Gasteiger partial charge in [0.1, 0.15) is 0 Å². The largest absolute Gasteiger partial charge is 0.303 e. The van der Waals surface area contributed by atoms with Gasteiger partial charge >= 0.3 is 10.1 Å². The lowest BCUT2D eigenvalue weighted by Crippen LogP contribution is -2.16. The summed E-state index contributed by atoms with van der Waals surface area (Å²) in [6, 6.07) is 0. The Bertz CT molecular complexity index is 574. The fourth-order valence-electron chi connectivity index (χ4n) is 1.18. The molecule has 0 aliphatic carbocycles. The minimum atomic E-state index is -5.15. The quantitative estimate of drug-likeness (QED) is 0.371. The Balaban J connectivity index is 3.72. The van der Waals surface area contributed by atoms with Gasteiger partial charge in [0.05, 0.1) is 6.61 Å². The fourth-order valence-corrected chi connectivity index (χ4v) is 2.23. The number of halogens is 6. The Morgan fingerprint density at radius 2 is 1.42 bits per heavy atom. The van der Waals surface area contributed by atoms with E-state index in [0.29, 0.717) is 0 Å². The number of anilines is 1. The molecule has 0 spiro atoms. The van der Waals surface area contributed by atoms with Gasteiger partial charge < -0.3 is 0 Å². The van der Waals surface area contributed by atoms with Crippen LogP contribution in [0.5, 0.6) is 0 Å². The lowest BCUT2D eigenvalue weighted by atomic mass is 10.2. The van der Waals surface area contributed by atoms with Crippen LogP contribution in [0.4, 0.5) is 32.2 Å². The molecule has 0 atom stereocenters. The molecule has 0 aliphatic rings. The van der Waals surface area contributed by atoms with Gasteiger partial charge in [0.2, 0.25) is 0 Å². The molecule has 0 bridgehead atoms. The van der Waals surface area contributed by atoms with Gasteiger partial charge in [-0.05, 0) is 12.3 Å². The molecule has 0 heterocycles. The highest BCUT2D eigenvalue weighted by Gasteiger charge is 2.36. The molecule has 0 N–H and O–H groups in total. The molecule has 19 heavy (non-hydrogen) atoms. The Morgan fingerprint density at radius 1 is 1.00 bits per heavy atom. The van der Waals surface area contributed by atoms with Gasteiger partial charge in [-0.1, -0.05) is 8.96 Å². The van der Waals surface area contributed by atoms with Crippen molar-refractivity contribution in [1.29, 1.82) is 0 Å². The van der Waals surface area contributed by atoms with E-state index in [1.165, 1.54) is 0 Å². The van der Waals surface area contributed by atoms with Crippen LogP contribution < -0.4 is 5.34 Å². The first-order chi connectivity index (χ1) is 8.65. The van der Waals surface area contributed by atoms with Crippen molar-refractivity contribution in [3.8, 4) is 0 Å². The molecular formula is C8H5F6NO3S. The van der Waals surface area contributed by atoms with Gasteiger partial charge in [0.15, 0.2) is 33.9 Å². The molecule has 0 radical (unpaired) electrons. The molecule has 0 unspecified atom stereocenters. The van der Waals surface area contributed by atoms with E-state index in [9.17, 15) is 34.9 Å². The van der Waals surface area contributed by atoms with Crippen LogP contribution in [0, 0.1) is 23.3 Å². The molecule has 0 amide bonds. The maximum atomic E-state index is 13.3.